The number of amides is 1. The number of nitrogens with one attached hydrogen (secondary N) is 2. The number of aromatic nitrogens is 4. The summed E-state index contributed by atoms with van der Waals surface area (Å²) in [7, 11) is 1.82. The standard InChI is InChI=1S/C28H33N7O2.ClH/c1-3-24(30-2)28(36)32-19-11-13-20(14-12-19)35-27-23(17-31-35)25(29)33-26(34-27)18-9-15-22(16-10-18)37-21-7-5-4-6-8-21;/h4-10,15-17,19-20,24,30H,3,11-14H2,1-2H3,(H,32,36)(H2,29,33,34);1H/t19?,20?,24-;/m0./s1. The highest BCUT2D eigenvalue weighted by atomic mass is 35.5. The highest BCUT2D eigenvalue weighted by Crippen LogP contribution is 2.32. The first-order chi connectivity index (χ1) is 18.1. The van der Waals surface area contributed by atoms with E-state index in [4.69, 9.17) is 15.5 Å². The minimum atomic E-state index is -0.148. The number of halogens is 1. The predicted octanol–water partition coefficient (Wildman–Crippen LogP) is 4.89. The monoisotopic (exact) mass is 535 g/mol. The molecule has 0 unspecified atom stereocenters. The molecule has 1 aliphatic rings. The van der Waals surface area contributed by atoms with E-state index in [0.717, 1.165) is 60.2 Å². The molecule has 1 atom stereocenters. The van der Waals surface area contributed by atoms with E-state index >= 15 is 0 Å². The largest absolute Gasteiger partial charge is 0.457 e. The Hall–Kier alpha value is -3.69. The van der Waals surface area contributed by atoms with Crippen LogP contribution in [0.25, 0.3) is 22.4 Å². The molecule has 1 amide bonds. The van der Waals surface area contributed by atoms with Crippen molar-refractivity contribution >= 4 is 35.2 Å². The molecule has 1 saturated carbocycles. The van der Waals surface area contributed by atoms with Gasteiger partial charge < -0.3 is 21.1 Å². The summed E-state index contributed by atoms with van der Waals surface area (Å²) in [6, 6.07) is 17.5. The van der Waals surface area contributed by atoms with Crippen LogP contribution in [-0.2, 0) is 4.79 Å². The van der Waals surface area contributed by atoms with Crippen LogP contribution in [0.4, 0.5) is 5.82 Å². The number of nitrogens with zero attached hydrogens (tertiary/aromatic N) is 4. The van der Waals surface area contributed by atoms with Gasteiger partial charge in [-0.1, -0.05) is 25.1 Å². The molecule has 1 aliphatic carbocycles. The van der Waals surface area contributed by atoms with Crippen LogP contribution in [0.1, 0.15) is 45.1 Å². The van der Waals surface area contributed by atoms with Crippen LogP contribution in [0.2, 0.25) is 0 Å². The normalized spacial score (nSPS) is 17.9. The molecule has 0 radical (unpaired) electrons. The molecule has 2 heterocycles. The maximum Gasteiger partial charge on any atom is 0.237 e. The Morgan fingerprint density at radius 1 is 1.05 bits per heavy atom. The number of nitrogens with two attached hydrogens (primary N) is 1. The first kappa shape index (κ1) is 27.3. The third-order valence-electron chi connectivity index (χ3n) is 7.04. The van der Waals surface area contributed by atoms with Crippen LogP contribution in [0, 0.1) is 0 Å². The Balaban J connectivity index is 0.00000336. The Labute approximate surface area is 228 Å². The fourth-order valence-electron chi connectivity index (χ4n) is 4.93. The summed E-state index contributed by atoms with van der Waals surface area (Å²) in [5, 5.41) is 11.7. The van der Waals surface area contributed by atoms with Crippen LogP contribution in [0.3, 0.4) is 0 Å². The van der Waals surface area contributed by atoms with Gasteiger partial charge in [0.1, 0.15) is 17.3 Å². The third kappa shape index (κ3) is 5.89. The zero-order valence-corrected chi connectivity index (χ0v) is 22.4. The fourth-order valence-corrected chi connectivity index (χ4v) is 4.93. The summed E-state index contributed by atoms with van der Waals surface area (Å²) in [5.41, 5.74) is 7.91. The Kier molecular flexibility index (Phi) is 8.81. The van der Waals surface area contributed by atoms with E-state index in [-0.39, 0.29) is 36.4 Å². The molecule has 10 heteroatoms. The maximum atomic E-state index is 12.5. The van der Waals surface area contributed by atoms with Gasteiger partial charge in [0.05, 0.1) is 23.7 Å². The molecule has 4 N–H and O–H groups in total. The lowest BCUT2D eigenvalue weighted by molar-refractivity contribution is -0.124. The van der Waals surface area contributed by atoms with Gasteiger partial charge in [0.25, 0.3) is 0 Å². The molecule has 0 aliphatic heterocycles. The molecule has 1 fully saturated rings. The summed E-state index contributed by atoms with van der Waals surface area (Å²) in [6.45, 7) is 2.01. The number of carbonyl (C=O) groups excluding carboxylic acids is 1. The van der Waals surface area contributed by atoms with Gasteiger partial charge in [0.2, 0.25) is 5.91 Å². The summed E-state index contributed by atoms with van der Waals surface area (Å²) >= 11 is 0. The first-order valence-electron chi connectivity index (χ1n) is 12.9. The van der Waals surface area contributed by atoms with Crippen molar-refractivity contribution < 1.29 is 9.53 Å². The fraction of sp³-hybridized carbons (Fsp3) is 0.357. The van der Waals surface area contributed by atoms with Gasteiger partial charge in [0.15, 0.2) is 11.5 Å². The number of carbonyl (C=O) groups is 1. The number of ether oxygens (including phenoxy) is 1. The molecule has 38 heavy (non-hydrogen) atoms. The number of rotatable bonds is 8. The van der Waals surface area contributed by atoms with Crippen LogP contribution in [0.15, 0.2) is 60.8 Å². The van der Waals surface area contributed by atoms with Gasteiger partial charge in [-0.25, -0.2) is 14.6 Å². The van der Waals surface area contributed by atoms with E-state index in [1.165, 1.54) is 0 Å². The molecule has 200 valence electrons. The van der Waals surface area contributed by atoms with E-state index in [1.54, 1.807) is 6.20 Å². The summed E-state index contributed by atoms with van der Waals surface area (Å²) in [6.07, 6.45) is 6.12. The van der Waals surface area contributed by atoms with Crippen molar-refractivity contribution in [1.29, 1.82) is 0 Å². The molecular weight excluding hydrogens is 502 g/mol. The number of para-hydroxylation sites is 1. The van der Waals surface area contributed by atoms with Crippen LogP contribution >= 0.6 is 12.4 Å². The maximum absolute atomic E-state index is 12.5. The van der Waals surface area contributed by atoms with Crippen molar-refractivity contribution in [2.24, 2.45) is 0 Å². The van der Waals surface area contributed by atoms with Gasteiger partial charge in [-0.15, -0.1) is 12.4 Å². The van der Waals surface area contributed by atoms with Crippen molar-refractivity contribution in [2.75, 3.05) is 12.8 Å². The van der Waals surface area contributed by atoms with Gasteiger partial charge in [0, 0.05) is 11.6 Å². The molecule has 0 spiro atoms. The zero-order chi connectivity index (χ0) is 25.8. The molecule has 0 saturated heterocycles. The molecule has 5 rings (SSSR count). The lowest BCUT2D eigenvalue weighted by atomic mass is 9.91. The van der Waals surface area contributed by atoms with E-state index in [9.17, 15) is 4.79 Å². The second-order valence-electron chi connectivity index (χ2n) is 9.46. The number of anilines is 1. The van der Waals surface area contributed by atoms with E-state index in [0.29, 0.717) is 11.6 Å². The molecule has 2 aromatic carbocycles. The van der Waals surface area contributed by atoms with Gasteiger partial charge >= 0.3 is 0 Å². The highest BCUT2D eigenvalue weighted by molar-refractivity contribution is 5.87. The topological polar surface area (TPSA) is 120 Å². The molecule has 0 bridgehead atoms. The average molecular weight is 536 g/mol. The number of likely N-dealkylation sites (N-methyl/N-ethyl adjacent to an activating group) is 1. The van der Waals surface area contributed by atoms with E-state index in [2.05, 4.69) is 20.7 Å². The van der Waals surface area contributed by atoms with Crippen LogP contribution < -0.4 is 21.1 Å². The summed E-state index contributed by atoms with van der Waals surface area (Å²) in [5.74, 6) is 2.55. The lowest BCUT2D eigenvalue weighted by Crippen LogP contribution is -2.47. The molecular formula is C28H34ClN7O2. The van der Waals surface area contributed by atoms with Gasteiger partial charge in [-0.05, 0) is 75.5 Å². The van der Waals surface area contributed by atoms with Crippen molar-refractivity contribution in [3.8, 4) is 22.9 Å². The third-order valence-corrected chi connectivity index (χ3v) is 7.04. The Morgan fingerprint density at radius 3 is 2.39 bits per heavy atom. The minimum absolute atomic E-state index is 0. The predicted molar refractivity (Wildman–Crippen MR) is 152 cm³/mol. The number of hydrogen-bond acceptors (Lipinski definition) is 7. The lowest BCUT2D eigenvalue weighted by Gasteiger charge is -2.30. The number of fused-ring (bicyclic) bond motifs is 1. The Bertz CT molecular complexity index is 1350. The van der Waals surface area contributed by atoms with E-state index in [1.807, 2.05) is 73.3 Å². The number of nitrogen functional groups attached to an aromatic ring is 1. The molecule has 2 aromatic heterocycles. The van der Waals surface area contributed by atoms with Crippen LogP contribution in [-0.4, -0.2) is 44.8 Å². The number of benzene rings is 2. The SMILES string of the molecule is CC[C@H](NC)C(=O)NC1CCC(n2ncc3c(N)nc(-c4ccc(Oc5ccccc5)cc4)nc32)CC1.Cl. The smallest absolute Gasteiger partial charge is 0.237 e. The first-order valence-corrected chi connectivity index (χ1v) is 12.9. The summed E-state index contributed by atoms with van der Waals surface area (Å²) in [4.78, 5) is 21.8. The summed E-state index contributed by atoms with van der Waals surface area (Å²) < 4.78 is 7.87. The quantitative estimate of drug-likeness (QED) is 0.294. The average Bonchev–Trinajstić information content (AvgIpc) is 3.35. The van der Waals surface area contributed by atoms with Gasteiger partial charge in [-0.2, -0.15) is 5.10 Å². The van der Waals surface area contributed by atoms with Crippen molar-refractivity contribution in [3.63, 3.8) is 0 Å². The van der Waals surface area contributed by atoms with E-state index < -0.39 is 0 Å². The highest BCUT2D eigenvalue weighted by Gasteiger charge is 2.27. The molecule has 4 aromatic rings. The number of hydrogen-bond donors (Lipinski definition) is 3. The van der Waals surface area contributed by atoms with Crippen LogP contribution in [0.5, 0.6) is 11.5 Å². The Morgan fingerprint density at radius 2 is 1.74 bits per heavy atom. The minimum Gasteiger partial charge on any atom is -0.457 e. The zero-order valence-electron chi connectivity index (χ0n) is 21.6. The van der Waals surface area contributed by atoms with Crippen molar-refractivity contribution in [1.82, 2.24) is 30.4 Å². The van der Waals surface area contributed by atoms with Crippen molar-refractivity contribution in [2.45, 2.75) is 57.2 Å². The second kappa shape index (κ2) is 12.2. The van der Waals surface area contributed by atoms with Crippen molar-refractivity contribution in [3.05, 3.63) is 60.8 Å². The second-order valence-corrected chi connectivity index (χ2v) is 9.46. The molecule has 9 nitrogen and oxygen atoms in total. The van der Waals surface area contributed by atoms with Gasteiger partial charge in [-0.3, -0.25) is 4.79 Å².